The van der Waals surface area contributed by atoms with Gasteiger partial charge in [0.15, 0.2) is 0 Å². The van der Waals surface area contributed by atoms with Gasteiger partial charge in [-0.3, -0.25) is 9.59 Å². The summed E-state index contributed by atoms with van der Waals surface area (Å²) >= 11 is 1.45. The number of nitrogens with one attached hydrogen (secondary N) is 1. The molecule has 4 rings (SSSR count). The lowest BCUT2D eigenvalue weighted by atomic mass is 9.94. The largest absolute Gasteiger partial charge is 0.497 e. The topological polar surface area (TPSA) is 76.5 Å². The number of amides is 2. The monoisotopic (exact) mass is 438 g/mol. The molecule has 0 aliphatic carbocycles. The van der Waals surface area contributed by atoms with Crippen LogP contribution in [0.4, 0.5) is 0 Å². The summed E-state index contributed by atoms with van der Waals surface area (Å²) < 4.78 is 7.17. The minimum Gasteiger partial charge on any atom is -0.497 e. The Morgan fingerprint density at radius 1 is 1.19 bits per heavy atom. The van der Waals surface area contributed by atoms with Gasteiger partial charge in [-0.1, -0.05) is 18.2 Å². The zero-order chi connectivity index (χ0) is 21.8. The van der Waals surface area contributed by atoms with E-state index in [1.807, 2.05) is 64.5 Å². The van der Waals surface area contributed by atoms with E-state index >= 15 is 0 Å². The van der Waals surface area contributed by atoms with E-state index in [2.05, 4.69) is 10.3 Å². The van der Waals surface area contributed by atoms with Crippen molar-refractivity contribution in [3.8, 4) is 5.75 Å². The number of imidazole rings is 1. The van der Waals surface area contributed by atoms with Gasteiger partial charge in [-0.15, -0.1) is 11.3 Å². The van der Waals surface area contributed by atoms with Gasteiger partial charge < -0.3 is 19.5 Å². The lowest BCUT2D eigenvalue weighted by Crippen LogP contribution is -2.44. The van der Waals surface area contributed by atoms with Gasteiger partial charge in [-0.25, -0.2) is 4.98 Å². The highest BCUT2D eigenvalue weighted by Crippen LogP contribution is 2.26. The molecule has 7 nitrogen and oxygen atoms in total. The Balaban J connectivity index is 1.44. The van der Waals surface area contributed by atoms with Crippen molar-refractivity contribution >= 4 is 23.2 Å². The summed E-state index contributed by atoms with van der Waals surface area (Å²) in [5.41, 5.74) is 0.939. The zero-order valence-electron chi connectivity index (χ0n) is 17.7. The van der Waals surface area contributed by atoms with E-state index in [0.29, 0.717) is 25.9 Å². The van der Waals surface area contributed by atoms with Crippen LogP contribution in [0.15, 0.2) is 54.2 Å². The molecule has 0 saturated carbocycles. The van der Waals surface area contributed by atoms with E-state index in [1.165, 1.54) is 11.3 Å². The Bertz CT molecular complexity index is 1020. The Hall–Kier alpha value is -3.13. The van der Waals surface area contributed by atoms with Crippen LogP contribution in [0.1, 0.15) is 39.9 Å². The van der Waals surface area contributed by atoms with Gasteiger partial charge in [0.25, 0.3) is 5.91 Å². The smallest absolute Gasteiger partial charge is 0.263 e. The quantitative estimate of drug-likeness (QED) is 0.641. The fourth-order valence-corrected chi connectivity index (χ4v) is 4.60. The van der Waals surface area contributed by atoms with Gasteiger partial charge in [0.2, 0.25) is 5.91 Å². The van der Waals surface area contributed by atoms with Crippen LogP contribution in [0.3, 0.4) is 0 Å². The van der Waals surface area contributed by atoms with Crippen molar-refractivity contribution in [1.29, 1.82) is 0 Å². The van der Waals surface area contributed by atoms with Gasteiger partial charge in [-0.05, 0) is 42.0 Å². The van der Waals surface area contributed by atoms with Crippen LogP contribution in [0.5, 0.6) is 5.75 Å². The van der Waals surface area contributed by atoms with E-state index in [0.717, 1.165) is 22.0 Å². The highest BCUT2D eigenvalue weighted by Gasteiger charge is 2.30. The first-order chi connectivity index (χ1) is 15.1. The Kier molecular flexibility index (Phi) is 6.36. The van der Waals surface area contributed by atoms with Crippen molar-refractivity contribution in [2.24, 2.45) is 13.0 Å². The minimum absolute atomic E-state index is 0.00737. The molecule has 0 unspecified atom stereocenters. The minimum atomic E-state index is -0.357. The third kappa shape index (κ3) is 4.64. The number of likely N-dealkylation sites (tertiary alicyclic amines) is 1. The molecule has 3 heterocycles. The maximum atomic E-state index is 13.1. The number of methoxy groups -OCH3 is 1. The lowest BCUT2D eigenvalue weighted by molar-refractivity contribution is -0.126. The van der Waals surface area contributed by atoms with Gasteiger partial charge in [0.1, 0.15) is 17.6 Å². The molecule has 2 amide bonds. The molecule has 3 aromatic rings. The fraction of sp³-hybridized carbons (Fsp3) is 0.348. The van der Waals surface area contributed by atoms with E-state index < -0.39 is 0 Å². The first kappa shape index (κ1) is 21.1. The molecule has 162 valence electrons. The number of nitrogens with zero attached hydrogens (tertiary/aromatic N) is 3. The number of benzene rings is 1. The molecule has 0 radical (unpaired) electrons. The Labute approximate surface area is 185 Å². The first-order valence-corrected chi connectivity index (χ1v) is 11.2. The maximum absolute atomic E-state index is 13.1. The van der Waals surface area contributed by atoms with Crippen LogP contribution < -0.4 is 10.1 Å². The predicted molar refractivity (Wildman–Crippen MR) is 119 cm³/mol. The van der Waals surface area contributed by atoms with Crippen molar-refractivity contribution in [2.45, 2.75) is 18.9 Å². The van der Waals surface area contributed by atoms with Gasteiger partial charge in [0, 0.05) is 38.4 Å². The molecule has 2 aromatic heterocycles. The van der Waals surface area contributed by atoms with Crippen molar-refractivity contribution in [1.82, 2.24) is 19.8 Å². The summed E-state index contributed by atoms with van der Waals surface area (Å²) in [4.78, 5) is 32.8. The number of aryl methyl sites for hydroxylation is 1. The third-order valence-electron chi connectivity index (χ3n) is 5.74. The van der Waals surface area contributed by atoms with Gasteiger partial charge in [-0.2, -0.15) is 0 Å². The summed E-state index contributed by atoms with van der Waals surface area (Å²) in [5, 5.41) is 5.10. The fourth-order valence-electron chi connectivity index (χ4n) is 3.91. The van der Waals surface area contributed by atoms with Crippen LogP contribution in [-0.2, 0) is 11.8 Å². The second-order valence-corrected chi connectivity index (χ2v) is 8.60. The van der Waals surface area contributed by atoms with E-state index in [1.54, 1.807) is 13.3 Å². The molecular weight excluding hydrogens is 412 g/mol. The molecule has 1 saturated heterocycles. The SMILES string of the molecule is COc1ccc([C@@H](NC(=O)C2CCN(C(=O)c3cccs3)CC2)c2nccn2C)cc1. The molecule has 1 aromatic carbocycles. The summed E-state index contributed by atoms with van der Waals surface area (Å²) in [6, 6.07) is 11.0. The second kappa shape index (κ2) is 9.34. The maximum Gasteiger partial charge on any atom is 0.263 e. The molecule has 31 heavy (non-hydrogen) atoms. The number of hydrogen-bond donors (Lipinski definition) is 1. The molecular formula is C23H26N4O3S. The van der Waals surface area contributed by atoms with Crippen LogP contribution in [0.25, 0.3) is 0 Å². The summed E-state index contributed by atoms with van der Waals surface area (Å²) in [6.07, 6.45) is 4.90. The zero-order valence-corrected chi connectivity index (χ0v) is 18.5. The number of thiophene rings is 1. The average molecular weight is 439 g/mol. The number of carbonyl (C=O) groups is 2. The first-order valence-electron chi connectivity index (χ1n) is 10.3. The summed E-state index contributed by atoms with van der Waals surface area (Å²) in [6.45, 7) is 1.18. The Morgan fingerprint density at radius 3 is 2.52 bits per heavy atom. The van der Waals surface area contributed by atoms with Crippen LogP contribution in [0, 0.1) is 5.92 Å². The summed E-state index contributed by atoms with van der Waals surface area (Å²) in [5.74, 6) is 1.44. The van der Waals surface area contributed by atoms with Crippen molar-refractivity contribution in [3.63, 3.8) is 0 Å². The van der Waals surface area contributed by atoms with E-state index in [9.17, 15) is 9.59 Å². The van der Waals surface area contributed by atoms with E-state index in [4.69, 9.17) is 4.74 Å². The molecule has 1 fully saturated rings. The van der Waals surface area contributed by atoms with E-state index in [-0.39, 0.29) is 23.8 Å². The number of hydrogen-bond acceptors (Lipinski definition) is 5. The molecule has 8 heteroatoms. The molecule has 1 aliphatic rings. The standard InChI is InChI=1S/C23H26N4O3S/c1-26-14-11-24-21(26)20(16-5-7-18(30-2)8-6-16)25-22(28)17-9-12-27(13-10-17)23(29)19-4-3-15-31-19/h3-8,11,14-15,17,20H,9-10,12-13H2,1-2H3,(H,25,28)/t20-/m1/s1. The molecule has 0 spiro atoms. The molecule has 1 atom stereocenters. The average Bonchev–Trinajstić information content (AvgIpc) is 3.49. The number of rotatable bonds is 6. The number of carbonyl (C=O) groups excluding carboxylic acids is 2. The number of ether oxygens (including phenoxy) is 1. The van der Waals surface area contributed by atoms with Crippen LogP contribution >= 0.6 is 11.3 Å². The third-order valence-corrected chi connectivity index (χ3v) is 6.60. The predicted octanol–water partition coefficient (Wildman–Crippen LogP) is 3.25. The molecule has 1 aliphatic heterocycles. The highest BCUT2D eigenvalue weighted by atomic mass is 32.1. The van der Waals surface area contributed by atoms with Crippen molar-refractivity contribution in [3.05, 3.63) is 70.4 Å². The number of aromatic nitrogens is 2. The number of piperidine rings is 1. The van der Waals surface area contributed by atoms with Crippen molar-refractivity contribution < 1.29 is 14.3 Å². The molecule has 1 N–H and O–H groups in total. The lowest BCUT2D eigenvalue weighted by Gasteiger charge is -2.32. The molecule has 0 bridgehead atoms. The van der Waals surface area contributed by atoms with Gasteiger partial charge in [0.05, 0.1) is 12.0 Å². The summed E-state index contributed by atoms with van der Waals surface area (Å²) in [7, 11) is 3.54. The highest BCUT2D eigenvalue weighted by molar-refractivity contribution is 7.12. The Morgan fingerprint density at radius 2 is 1.94 bits per heavy atom. The second-order valence-electron chi connectivity index (χ2n) is 7.65. The van der Waals surface area contributed by atoms with Crippen molar-refractivity contribution in [2.75, 3.05) is 20.2 Å². The van der Waals surface area contributed by atoms with Crippen LogP contribution in [0.2, 0.25) is 0 Å². The van der Waals surface area contributed by atoms with Gasteiger partial charge >= 0.3 is 0 Å². The van der Waals surface area contributed by atoms with Crippen LogP contribution in [-0.4, -0.2) is 46.5 Å². The normalized spacial score (nSPS) is 15.5.